The Labute approximate surface area is 214 Å². The van der Waals surface area contributed by atoms with Gasteiger partial charge in [-0.05, 0) is 50.5 Å². The normalized spacial score (nSPS) is 10.7. The van der Waals surface area contributed by atoms with E-state index < -0.39 is 22.6 Å². The lowest BCUT2D eigenvalue weighted by Gasteiger charge is -2.23. The van der Waals surface area contributed by atoms with Gasteiger partial charge in [-0.2, -0.15) is 0 Å². The Balaban J connectivity index is 2.03. The van der Waals surface area contributed by atoms with Crippen molar-refractivity contribution in [1.29, 1.82) is 0 Å². The summed E-state index contributed by atoms with van der Waals surface area (Å²) in [5.74, 6) is 0.338. The minimum Gasteiger partial charge on any atom is -0.444 e. The molecule has 0 unspecified atom stereocenters. The van der Waals surface area contributed by atoms with E-state index in [2.05, 4.69) is 10.6 Å². The average Bonchev–Trinajstić information content (AvgIpc) is 2.82. The molecule has 0 saturated heterocycles. The third kappa shape index (κ3) is 8.89. The van der Waals surface area contributed by atoms with Gasteiger partial charge in [0, 0.05) is 49.3 Å². The maximum absolute atomic E-state index is 12.5. The number of ether oxygens (including phenoxy) is 1. The summed E-state index contributed by atoms with van der Waals surface area (Å²) < 4.78 is 5.19. The first kappa shape index (κ1) is 28.2. The van der Waals surface area contributed by atoms with Crippen molar-refractivity contribution in [3.8, 4) is 0 Å². The van der Waals surface area contributed by atoms with E-state index in [1.54, 1.807) is 12.1 Å². The Morgan fingerprint density at radius 2 is 1.69 bits per heavy atom. The number of likely N-dealkylation sites (N-methyl/N-ethyl adjacent to an activating group) is 1. The van der Waals surface area contributed by atoms with Crippen LogP contribution in [0.4, 0.5) is 21.9 Å². The molecule has 0 fully saturated rings. The van der Waals surface area contributed by atoms with Gasteiger partial charge in [-0.15, -0.1) is 23.2 Å². The Kier molecular flexibility index (Phi) is 11.5. The van der Waals surface area contributed by atoms with Crippen molar-refractivity contribution >= 4 is 52.3 Å². The molecule has 0 aliphatic carbocycles. The summed E-state index contributed by atoms with van der Waals surface area (Å²) in [6.07, 6.45) is -0.786. The van der Waals surface area contributed by atoms with E-state index in [1.165, 1.54) is 18.2 Å². The number of hydrogen-bond acceptors (Lipinski definition) is 7. The van der Waals surface area contributed by atoms with Gasteiger partial charge in [0.2, 0.25) is 0 Å². The second-order valence-corrected chi connectivity index (χ2v) is 8.50. The number of hydrogen-bond donors (Lipinski definition) is 2. The lowest BCUT2D eigenvalue weighted by molar-refractivity contribution is -0.386. The highest BCUT2D eigenvalue weighted by Crippen LogP contribution is 2.25. The topological polar surface area (TPSA) is 117 Å². The lowest BCUT2D eigenvalue weighted by Crippen LogP contribution is -2.31. The molecule has 2 aromatic carbocycles. The van der Waals surface area contributed by atoms with Crippen LogP contribution in [-0.2, 0) is 11.3 Å². The predicted molar refractivity (Wildman–Crippen MR) is 138 cm³/mol. The average molecular weight is 526 g/mol. The fourth-order valence-electron chi connectivity index (χ4n) is 3.22. The molecule has 35 heavy (non-hydrogen) atoms. The highest BCUT2D eigenvalue weighted by Gasteiger charge is 2.25. The van der Waals surface area contributed by atoms with Crippen molar-refractivity contribution in [2.45, 2.75) is 6.61 Å². The lowest BCUT2D eigenvalue weighted by atomic mass is 10.1. The van der Waals surface area contributed by atoms with Crippen LogP contribution in [0.1, 0.15) is 15.9 Å². The van der Waals surface area contributed by atoms with Crippen molar-refractivity contribution < 1.29 is 19.2 Å². The fraction of sp³-hybridized carbons (Fsp3) is 0.391. The van der Waals surface area contributed by atoms with Crippen LogP contribution in [0, 0.1) is 10.1 Å². The summed E-state index contributed by atoms with van der Waals surface area (Å²) in [5, 5.41) is 16.9. The number of anilines is 2. The van der Waals surface area contributed by atoms with Gasteiger partial charge < -0.3 is 19.9 Å². The summed E-state index contributed by atoms with van der Waals surface area (Å²) in [5.41, 5.74) is 1.01. The highest BCUT2D eigenvalue weighted by molar-refractivity contribution is 6.18. The summed E-state index contributed by atoms with van der Waals surface area (Å²) in [6.45, 7) is 1.81. The number of amides is 2. The maximum atomic E-state index is 12.5. The van der Waals surface area contributed by atoms with E-state index in [-0.39, 0.29) is 17.7 Å². The third-order valence-corrected chi connectivity index (χ3v) is 5.28. The van der Waals surface area contributed by atoms with Gasteiger partial charge in [-0.1, -0.05) is 6.07 Å². The number of alkyl halides is 2. The standard InChI is InChI=1S/C23H29Cl2N5O5/c1-28(2)15-12-26-22(31)20-5-3-4-17(21(20)30(33)34)16-35-23(32)27-18-6-8-19(9-7-18)29(13-10-24)14-11-25/h3-9H,10-16H2,1-2H3,(H,26,31)(H,27,32). The molecule has 0 bridgehead atoms. The maximum Gasteiger partial charge on any atom is 0.411 e. The highest BCUT2D eigenvalue weighted by atomic mass is 35.5. The smallest absolute Gasteiger partial charge is 0.411 e. The first-order valence-corrected chi connectivity index (χ1v) is 11.9. The van der Waals surface area contributed by atoms with E-state index in [1.807, 2.05) is 36.0 Å². The number of nitrogens with zero attached hydrogens (tertiary/aromatic N) is 3. The zero-order valence-electron chi connectivity index (χ0n) is 19.6. The second kappa shape index (κ2) is 14.3. The molecule has 0 spiro atoms. The van der Waals surface area contributed by atoms with Crippen LogP contribution in [0.3, 0.4) is 0 Å². The van der Waals surface area contributed by atoms with E-state index >= 15 is 0 Å². The monoisotopic (exact) mass is 525 g/mol. The number of halogens is 2. The molecule has 0 aliphatic heterocycles. The van der Waals surface area contributed by atoms with E-state index in [4.69, 9.17) is 27.9 Å². The van der Waals surface area contributed by atoms with Gasteiger partial charge in [0.25, 0.3) is 11.6 Å². The third-order valence-electron chi connectivity index (χ3n) is 4.94. The summed E-state index contributed by atoms with van der Waals surface area (Å²) >= 11 is 11.7. The van der Waals surface area contributed by atoms with Crippen LogP contribution in [0.2, 0.25) is 0 Å². The van der Waals surface area contributed by atoms with Crippen molar-refractivity contribution in [2.24, 2.45) is 0 Å². The largest absolute Gasteiger partial charge is 0.444 e. The zero-order chi connectivity index (χ0) is 25.8. The molecule has 0 atom stereocenters. The Morgan fingerprint density at radius 3 is 2.26 bits per heavy atom. The zero-order valence-corrected chi connectivity index (χ0v) is 21.1. The molecular weight excluding hydrogens is 497 g/mol. The molecule has 0 aliphatic rings. The van der Waals surface area contributed by atoms with E-state index in [9.17, 15) is 19.7 Å². The van der Waals surface area contributed by atoms with Gasteiger partial charge in [0.05, 0.1) is 10.5 Å². The quantitative estimate of drug-likeness (QED) is 0.231. The molecule has 0 aromatic heterocycles. The Bertz CT molecular complexity index is 998. The van der Waals surface area contributed by atoms with Crippen LogP contribution in [0.25, 0.3) is 0 Å². The fourth-order valence-corrected chi connectivity index (χ4v) is 3.63. The Hall–Kier alpha value is -3.08. The molecule has 0 saturated carbocycles. The molecule has 2 aromatic rings. The molecule has 2 N–H and O–H groups in total. The van der Waals surface area contributed by atoms with Crippen molar-refractivity contribution in [3.05, 3.63) is 63.7 Å². The van der Waals surface area contributed by atoms with Crippen LogP contribution in [0.5, 0.6) is 0 Å². The Morgan fingerprint density at radius 1 is 1.03 bits per heavy atom. The predicted octanol–water partition coefficient (Wildman–Crippen LogP) is 3.92. The van der Waals surface area contributed by atoms with Crippen LogP contribution in [-0.4, -0.2) is 73.9 Å². The first-order chi connectivity index (χ1) is 16.8. The van der Waals surface area contributed by atoms with Gasteiger partial charge in [0.15, 0.2) is 0 Å². The van der Waals surface area contributed by atoms with Crippen LogP contribution >= 0.6 is 23.2 Å². The summed E-state index contributed by atoms with van der Waals surface area (Å²) in [4.78, 5) is 39.7. The number of benzene rings is 2. The minimum atomic E-state index is -0.786. The summed E-state index contributed by atoms with van der Waals surface area (Å²) in [6, 6.07) is 11.4. The van der Waals surface area contributed by atoms with Crippen LogP contribution in [0.15, 0.2) is 42.5 Å². The van der Waals surface area contributed by atoms with Gasteiger partial charge in [0.1, 0.15) is 12.2 Å². The van der Waals surface area contributed by atoms with Gasteiger partial charge >= 0.3 is 6.09 Å². The van der Waals surface area contributed by atoms with Crippen LogP contribution < -0.4 is 15.5 Å². The molecule has 2 amide bonds. The molecule has 12 heteroatoms. The SMILES string of the molecule is CN(C)CCNC(=O)c1cccc(COC(=O)Nc2ccc(N(CCCl)CCCl)cc2)c1[N+](=O)[O-]. The molecular formula is C23H29Cl2N5O5. The molecule has 190 valence electrons. The van der Waals surface area contributed by atoms with Gasteiger partial charge in [-0.25, -0.2) is 4.79 Å². The number of para-hydroxylation sites is 1. The van der Waals surface area contributed by atoms with Crippen molar-refractivity contribution in [3.63, 3.8) is 0 Å². The van der Waals surface area contributed by atoms with Gasteiger partial charge in [-0.3, -0.25) is 20.2 Å². The number of nitro benzene ring substituents is 1. The number of rotatable bonds is 13. The van der Waals surface area contributed by atoms with Crippen molar-refractivity contribution in [1.82, 2.24) is 10.2 Å². The molecule has 0 radical (unpaired) electrons. The number of nitro groups is 1. The molecule has 0 heterocycles. The molecule has 10 nitrogen and oxygen atoms in total. The van der Waals surface area contributed by atoms with E-state index in [0.717, 1.165) is 5.69 Å². The minimum absolute atomic E-state index is 0.0932. The van der Waals surface area contributed by atoms with E-state index in [0.29, 0.717) is 43.6 Å². The summed E-state index contributed by atoms with van der Waals surface area (Å²) in [7, 11) is 3.70. The number of carbonyl (C=O) groups is 2. The van der Waals surface area contributed by atoms with Crippen molar-refractivity contribution in [2.75, 3.05) is 62.3 Å². The number of carbonyl (C=O) groups excluding carboxylic acids is 2. The number of nitrogens with one attached hydrogen (secondary N) is 2. The molecule has 2 rings (SSSR count). The first-order valence-electron chi connectivity index (χ1n) is 10.9. The second-order valence-electron chi connectivity index (χ2n) is 7.74.